The summed E-state index contributed by atoms with van der Waals surface area (Å²) in [5.41, 5.74) is 5.07. The van der Waals surface area contributed by atoms with Crippen LogP contribution in [0.15, 0.2) is 42.5 Å². The van der Waals surface area contributed by atoms with E-state index in [0.717, 1.165) is 16.7 Å². The summed E-state index contributed by atoms with van der Waals surface area (Å²) in [5.74, 6) is -0.122. The molecule has 2 atom stereocenters. The molecule has 0 aromatic heterocycles. The first-order valence-corrected chi connectivity index (χ1v) is 8.78. The minimum Gasteiger partial charge on any atom is -0.332 e. The number of urea groups is 1. The molecule has 0 aliphatic carbocycles. The number of anilines is 1. The highest BCUT2D eigenvalue weighted by Gasteiger charge is 2.15. The fraction of sp³-hybridized carbons (Fsp3) is 0.333. The molecular weight excluding hydrogens is 326 g/mol. The Kier molecular flexibility index (Phi) is 6.39. The van der Waals surface area contributed by atoms with Crippen LogP contribution in [-0.4, -0.2) is 11.9 Å². The van der Waals surface area contributed by atoms with Crippen LogP contribution in [0.4, 0.5) is 10.5 Å². The summed E-state index contributed by atoms with van der Waals surface area (Å²) in [7, 11) is 0. The molecular formula is C21H27N3O2. The van der Waals surface area contributed by atoms with Crippen LogP contribution in [0.25, 0.3) is 0 Å². The monoisotopic (exact) mass is 353 g/mol. The van der Waals surface area contributed by atoms with Crippen molar-refractivity contribution in [2.24, 2.45) is 0 Å². The van der Waals surface area contributed by atoms with Crippen molar-refractivity contribution in [3.63, 3.8) is 0 Å². The van der Waals surface area contributed by atoms with Crippen molar-refractivity contribution in [2.75, 3.05) is 5.32 Å². The molecule has 2 aromatic carbocycles. The van der Waals surface area contributed by atoms with E-state index in [1.54, 1.807) is 0 Å². The van der Waals surface area contributed by atoms with Gasteiger partial charge < -0.3 is 16.0 Å². The van der Waals surface area contributed by atoms with Crippen LogP contribution in [0.2, 0.25) is 0 Å². The molecule has 5 heteroatoms. The molecule has 138 valence electrons. The normalized spacial score (nSPS) is 12.8. The van der Waals surface area contributed by atoms with Gasteiger partial charge in [0.1, 0.15) is 0 Å². The number of carbonyl (C=O) groups excluding carboxylic acids is 2. The molecule has 0 heterocycles. The number of benzene rings is 2. The molecule has 2 aromatic rings. The third-order valence-corrected chi connectivity index (χ3v) is 4.30. The molecule has 5 nitrogen and oxygen atoms in total. The molecule has 0 fully saturated rings. The zero-order valence-electron chi connectivity index (χ0n) is 16.0. The van der Waals surface area contributed by atoms with E-state index >= 15 is 0 Å². The van der Waals surface area contributed by atoms with Crippen LogP contribution in [-0.2, 0) is 4.79 Å². The van der Waals surface area contributed by atoms with Gasteiger partial charge in [0.15, 0.2) is 0 Å². The van der Waals surface area contributed by atoms with E-state index in [4.69, 9.17) is 0 Å². The second-order valence-electron chi connectivity index (χ2n) is 6.73. The maximum atomic E-state index is 12.4. The summed E-state index contributed by atoms with van der Waals surface area (Å²) in [6.07, 6.45) is 0. The molecule has 0 bridgehead atoms. The molecule has 26 heavy (non-hydrogen) atoms. The minimum absolute atomic E-state index is 0.0900. The number of carbonyl (C=O) groups is 2. The van der Waals surface area contributed by atoms with Crippen molar-refractivity contribution >= 4 is 17.6 Å². The van der Waals surface area contributed by atoms with Crippen molar-refractivity contribution in [1.29, 1.82) is 0 Å². The van der Waals surface area contributed by atoms with Gasteiger partial charge >= 0.3 is 6.03 Å². The van der Waals surface area contributed by atoms with Crippen molar-refractivity contribution in [3.05, 3.63) is 64.7 Å². The molecule has 0 saturated heterocycles. The van der Waals surface area contributed by atoms with Gasteiger partial charge in [0.05, 0.1) is 12.1 Å². The maximum Gasteiger partial charge on any atom is 0.315 e. The van der Waals surface area contributed by atoms with Gasteiger partial charge in [-0.25, -0.2) is 4.79 Å². The third kappa shape index (κ3) is 5.34. The number of rotatable bonds is 5. The maximum absolute atomic E-state index is 12.4. The van der Waals surface area contributed by atoms with E-state index in [1.807, 2.05) is 52.0 Å². The van der Waals surface area contributed by atoms with Crippen LogP contribution >= 0.6 is 0 Å². The van der Waals surface area contributed by atoms with Crippen LogP contribution in [0.1, 0.15) is 55.1 Å². The molecule has 0 radical (unpaired) electrons. The Balaban J connectivity index is 2.00. The van der Waals surface area contributed by atoms with E-state index in [9.17, 15) is 9.59 Å². The summed E-state index contributed by atoms with van der Waals surface area (Å²) >= 11 is 0. The highest BCUT2D eigenvalue weighted by Crippen LogP contribution is 2.20. The van der Waals surface area contributed by atoms with Crippen LogP contribution in [0.3, 0.4) is 0 Å². The van der Waals surface area contributed by atoms with E-state index in [-0.39, 0.29) is 24.0 Å². The van der Waals surface area contributed by atoms with Crippen molar-refractivity contribution in [1.82, 2.24) is 10.6 Å². The van der Waals surface area contributed by atoms with Gasteiger partial charge in [-0.1, -0.05) is 35.9 Å². The average Bonchev–Trinajstić information content (AvgIpc) is 2.56. The Morgan fingerprint density at radius 3 is 2.31 bits per heavy atom. The molecule has 0 unspecified atom stereocenters. The van der Waals surface area contributed by atoms with E-state index < -0.39 is 0 Å². The predicted octanol–water partition coefficient (Wildman–Crippen LogP) is 4.38. The van der Waals surface area contributed by atoms with Crippen molar-refractivity contribution in [2.45, 2.75) is 46.7 Å². The molecule has 3 amide bonds. The first kappa shape index (κ1) is 19.5. The lowest BCUT2D eigenvalue weighted by Gasteiger charge is -2.20. The van der Waals surface area contributed by atoms with Crippen molar-refractivity contribution < 1.29 is 9.59 Å². The Morgan fingerprint density at radius 2 is 1.62 bits per heavy atom. The zero-order chi connectivity index (χ0) is 19.3. The topological polar surface area (TPSA) is 70.2 Å². The van der Waals surface area contributed by atoms with E-state index in [1.165, 1.54) is 12.5 Å². The number of hydrogen-bond donors (Lipinski definition) is 3. The minimum atomic E-state index is -0.226. The lowest BCUT2D eigenvalue weighted by Crippen LogP contribution is -2.38. The van der Waals surface area contributed by atoms with Gasteiger partial charge in [0, 0.05) is 12.6 Å². The molecule has 0 aliphatic rings. The predicted molar refractivity (Wildman–Crippen MR) is 105 cm³/mol. The summed E-state index contributed by atoms with van der Waals surface area (Å²) < 4.78 is 0. The lowest BCUT2D eigenvalue weighted by atomic mass is 10.00. The third-order valence-electron chi connectivity index (χ3n) is 4.30. The van der Waals surface area contributed by atoms with Gasteiger partial charge in [-0.15, -0.1) is 0 Å². The largest absolute Gasteiger partial charge is 0.332 e. The Hall–Kier alpha value is -2.82. The number of hydrogen-bond acceptors (Lipinski definition) is 2. The SMILES string of the molecule is CC(=O)Nc1cccc([C@@H](C)NC(=O)N[C@@H](C)c2cc(C)ccc2C)c1. The Bertz CT molecular complexity index is 802. The van der Waals surface area contributed by atoms with Crippen molar-refractivity contribution in [3.8, 4) is 0 Å². The number of aryl methyl sites for hydroxylation is 2. The number of nitrogens with one attached hydrogen (secondary N) is 3. The fourth-order valence-corrected chi connectivity index (χ4v) is 2.91. The summed E-state index contributed by atoms with van der Waals surface area (Å²) in [6.45, 7) is 9.44. The second kappa shape index (κ2) is 8.52. The van der Waals surface area contributed by atoms with Gasteiger partial charge in [0.25, 0.3) is 0 Å². The smallest absolute Gasteiger partial charge is 0.315 e. The molecule has 0 aliphatic heterocycles. The number of amides is 3. The van der Waals surface area contributed by atoms with Gasteiger partial charge in [-0.3, -0.25) is 4.79 Å². The second-order valence-corrected chi connectivity index (χ2v) is 6.73. The van der Waals surface area contributed by atoms with E-state index in [2.05, 4.69) is 34.1 Å². The fourth-order valence-electron chi connectivity index (χ4n) is 2.91. The molecule has 3 N–H and O–H groups in total. The highest BCUT2D eigenvalue weighted by molar-refractivity contribution is 5.88. The van der Waals surface area contributed by atoms with Crippen LogP contribution in [0, 0.1) is 13.8 Å². The van der Waals surface area contributed by atoms with Gasteiger partial charge in [0.2, 0.25) is 5.91 Å². The summed E-state index contributed by atoms with van der Waals surface area (Å²) in [4.78, 5) is 23.6. The summed E-state index contributed by atoms with van der Waals surface area (Å²) in [5, 5.41) is 8.69. The van der Waals surface area contributed by atoms with Crippen LogP contribution in [0.5, 0.6) is 0 Å². The van der Waals surface area contributed by atoms with Gasteiger partial charge in [-0.2, -0.15) is 0 Å². The zero-order valence-corrected chi connectivity index (χ0v) is 16.0. The molecule has 0 saturated carbocycles. The lowest BCUT2D eigenvalue weighted by molar-refractivity contribution is -0.114. The quantitative estimate of drug-likeness (QED) is 0.746. The van der Waals surface area contributed by atoms with Crippen LogP contribution < -0.4 is 16.0 Å². The molecule has 2 rings (SSSR count). The average molecular weight is 353 g/mol. The Morgan fingerprint density at radius 1 is 0.923 bits per heavy atom. The van der Waals surface area contributed by atoms with E-state index in [0.29, 0.717) is 5.69 Å². The standard InChI is InChI=1S/C21H27N3O2/c1-13-9-10-14(2)20(11-13)16(4)23-21(26)22-15(3)18-7-6-8-19(12-18)24-17(5)25/h6-12,15-16H,1-5H3,(H,24,25)(H2,22,23,26)/t15-,16+/m1/s1. The first-order valence-electron chi connectivity index (χ1n) is 8.78. The van der Waals surface area contributed by atoms with Gasteiger partial charge in [-0.05, 0) is 56.5 Å². The summed E-state index contributed by atoms with van der Waals surface area (Å²) in [6, 6.07) is 13.2. The Labute approximate surface area is 155 Å². The molecule has 0 spiro atoms. The first-order chi connectivity index (χ1) is 12.3. The highest BCUT2D eigenvalue weighted by atomic mass is 16.2.